The maximum Gasteiger partial charge on any atom is 0.251 e. The Labute approximate surface area is 91.7 Å². The van der Waals surface area contributed by atoms with Gasteiger partial charge in [0, 0.05) is 12.1 Å². The van der Waals surface area contributed by atoms with Gasteiger partial charge in [-0.2, -0.15) is 0 Å². The molecule has 0 saturated heterocycles. The Morgan fingerprint density at radius 3 is 2.53 bits per heavy atom. The summed E-state index contributed by atoms with van der Waals surface area (Å²) in [4.78, 5) is 11.7. The SMILES string of the molecule is Cc1cccc(C(=O)NCC(C)(C)C)c1. The molecule has 15 heavy (non-hydrogen) atoms. The second-order valence-corrected chi connectivity index (χ2v) is 5.11. The third-order valence-corrected chi connectivity index (χ3v) is 2.06. The Morgan fingerprint density at radius 2 is 2.00 bits per heavy atom. The van der Waals surface area contributed by atoms with E-state index in [2.05, 4.69) is 26.1 Å². The average molecular weight is 205 g/mol. The molecule has 0 aliphatic rings. The Morgan fingerprint density at radius 1 is 1.33 bits per heavy atom. The summed E-state index contributed by atoms with van der Waals surface area (Å²) in [7, 11) is 0. The van der Waals surface area contributed by atoms with E-state index in [0.29, 0.717) is 6.54 Å². The lowest BCUT2D eigenvalue weighted by atomic mass is 9.97. The smallest absolute Gasteiger partial charge is 0.251 e. The molecule has 0 unspecified atom stereocenters. The predicted molar refractivity (Wildman–Crippen MR) is 63.0 cm³/mol. The molecule has 2 heteroatoms. The molecular weight excluding hydrogens is 186 g/mol. The standard InChI is InChI=1S/C13H19NO/c1-10-6-5-7-11(8-10)12(15)14-9-13(2,3)4/h5-8H,9H2,1-4H3,(H,14,15). The Balaban J connectivity index is 2.62. The molecule has 1 amide bonds. The van der Waals surface area contributed by atoms with Crippen LogP contribution < -0.4 is 5.32 Å². The van der Waals surface area contributed by atoms with E-state index in [1.165, 1.54) is 0 Å². The zero-order valence-corrected chi connectivity index (χ0v) is 9.92. The van der Waals surface area contributed by atoms with Crippen LogP contribution in [-0.2, 0) is 0 Å². The van der Waals surface area contributed by atoms with Crippen LogP contribution >= 0.6 is 0 Å². The number of hydrogen-bond acceptors (Lipinski definition) is 1. The van der Waals surface area contributed by atoms with Gasteiger partial charge in [-0.05, 0) is 24.5 Å². The van der Waals surface area contributed by atoms with Crippen molar-refractivity contribution >= 4 is 5.91 Å². The van der Waals surface area contributed by atoms with Crippen LogP contribution in [0.15, 0.2) is 24.3 Å². The number of nitrogens with one attached hydrogen (secondary N) is 1. The molecule has 0 fully saturated rings. The van der Waals surface area contributed by atoms with E-state index in [-0.39, 0.29) is 11.3 Å². The zero-order chi connectivity index (χ0) is 11.5. The van der Waals surface area contributed by atoms with Crippen molar-refractivity contribution in [2.75, 3.05) is 6.54 Å². The summed E-state index contributed by atoms with van der Waals surface area (Å²) in [6, 6.07) is 7.63. The number of aryl methyl sites for hydroxylation is 1. The third-order valence-electron chi connectivity index (χ3n) is 2.06. The summed E-state index contributed by atoms with van der Waals surface area (Å²) in [6.07, 6.45) is 0. The van der Waals surface area contributed by atoms with Gasteiger partial charge in [-0.15, -0.1) is 0 Å². The van der Waals surface area contributed by atoms with Gasteiger partial charge in [0.05, 0.1) is 0 Å². The van der Waals surface area contributed by atoms with E-state index >= 15 is 0 Å². The number of hydrogen-bond donors (Lipinski definition) is 1. The predicted octanol–water partition coefficient (Wildman–Crippen LogP) is 2.77. The van der Waals surface area contributed by atoms with Crippen LogP contribution in [0.4, 0.5) is 0 Å². The van der Waals surface area contributed by atoms with Crippen molar-refractivity contribution in [3.63, 3.8) is 0 Å². The van der Waals surface area contributed by atoms with Gasteiger partial charge in [-0.3, -0.25) is 4.79 Å². The first kappa shape index (κ1) is 11.8. The highest BCUT2D eigenvalue weighted by Crippen LogP contribution is 2.11. The van der Waals surface area contributed by atoms with Crippen molar-refractivity contribution in [3.05, 3.63) is 35.4 Å². The number of carbonyl (C=O) groups excluding carboxylic acids is 1. The second kappa shape index (κ2) is 4.47. The molecule has 0 spiro atoms. The third kappa shape index (κ3) is 4.15. The lowest BCUT2D eigenvalue weighted by Gasteiger charge is -2.18. The lowest BCUT2D eigenvalue weighted by Crippen LogP contribution is -2.32. The topological polar surface area (TPSA) is 29.1 Å². The van der Waals surface area contributed by atoms with Crippen LogP contribution in [0.1, 0.15) is 36.7 Å². The lowest BCUT2D eigenvalue weighted by molar-refractivity contribution is 0.0939. The Kier molecular flexibility index (Phi) is 3.51. The summed E-state index contributed by atoms with van der Waals surface area (Å²) in [5.74, 6) is 0.00799. The molecule has 0 atom stereocenters. The van der Waals surface area contributed by atoms with Crippen LogP contribution in [0.3, 0.4) is 0 Å². The maximum atomic E-state index is 11.7. The molecule has 0 aromatic heterocycles. The zero-order valence-electron chi connectivity index (χ0n) is 9.92. The van der Waals surface area contributed by atoms with Gasteiger partial charge in [0.25, 0.3) is 5.91 Å². The maximum absolute atomic E-state index is 11.7. The molecule has 0 saturated carbocycles. The van der Waals surface area contributed by atoms with E-state index in [9.17, 15) is 4.79 Å². The minimum absolute atomic E-state index is 0.00799. The van der Waals surface area contributed by atoms with Crippen molar-refractivity contribution in [2.24, 2.45) is 5.41 Å². The highest BCUT2D eigenvalue weighted by atomic mass is 16.1. The number of rotatable bonds is 2. The quantitative estimate of drug-likeness (QED) is 0.790. The van der Waals surface area contributed by atoms with Crippen LogP contribution in [-0.4, -0.2) is 12.5 Å². The highest BCUT2D eigenvalue weighted by Gasteiger charge is 2.12. The van der Waals surface area contributed by atoms with Gasteiger partial charge in [0.2, 0.25) is 0 Å². The molecule has 0 bridgehead atoms. The monoisotopic (exact) mass is 205 g/mol. The number of amides is 1. The van der Waals surface area contributed by atoms with Crippen molar-refractivity contribution in [1.82, 2.24) is 5.32 Å². The largest absolute Gasteiger partial charge is 0.352 e. The fourth-order valence-corrected chi connectivity index (χ4v) is 1.23. The van der Waals surface area contributed by atoms with E-state index < -0.39 is 0 Å². The fraction of sp³-hybridized carbons (Fsp3) is 0.462. The average Bonchev–Trinajstić information content (AvgIpc) is 2.13. The van der Waals surface area contributed by atoms with Gasteiger partial charge in [0.1, 0.15) is 0 Å². The van der Waals surface area contributed by atoms with Gasteiger partial charge >= 0.3 is 0 Å². The summed E-state index contributed by atoms with van der Waals surface area (Å²) in [5.41, 5.74) is 1.97. The summed E-state index contributed by atoms with van der Waals surface area (Å²) in [5, 5.41) is 2.93. The van der Waals surface area contributed by atoms with Gasteiger partial charge < -0.3 is 5.32 Å². The molecule has 0 aliphatic heterocycles. The molecule has 1 rings (SSSR count). The van der Waals surface area contributed by atoms with E-state index in [1.807, 2.05) is 31.2 Å². The number of carbonyl (C=O) groups is 1. The van der Waals surface area contributed by atoms with Crippen LogP contribution in [0, 0.1) is 12.3 Å². The highest BCUT2D eigenvalue weighted by molar-refractivity contribution is 5.94. The van der Waals surface area contributed by atoms with Crippen molar-refractivity contribution in [2.45, 2.75) is 27.7 Å². The first-order valence-electron chi connectivity index (χ1n) is 5.23. The van der Waals surface area contributed by atoms with E-state index in [0.717, 1.165) is 11.1 Å². The molecule has 2 nitrogen and oxygen atoms in total. The van der Waals surface area contributed by atoms with Crippen molar-refractivity contribution in [1.29, 1.82) is 0 Å². The first-order chi connectivity index (χ1) is 6.88. The Bertz CT molecular complexity index is 350. The fourth-order valence-electron chi connectivity index (χ4n) is 1.23. The van der Waals surface area contributed by atoms with Crippen LogP contribution in [0.25, 0.3) is 0 Å². The number of benzene rings is 1. The molecule has 82 valence electrons. The summed E-state index contributed by atoms with van der Waals surface area (Å²) >= 11 is 0. The molecular formula is C13H19NO. The van der Waals surface area contributed by atoms with E-state index in [4.69, 9.17) is 0 Å². The first-order valence-corrected chi connectivity index (χ1v) is 5.23. The van der Waals surface area contributed by atoms with Gasteiger partial charge in [-0.1, -0.05) is 38.5 Å². The van der Waals surface area contributed by atoms with E-state index in [1.54, 1.807) is 0 Å². The van der Waals surface area contributed by atoms with Gasteiger partial charge in [0.15, 0.2) is 0 Å². The van der Waals surface area contributed by atoms with Crippen LogP contribution in [0.5, 0.6) is 0 Å². The molecule has 1 aromatic carbocycles. The van der Waals surface area contributed by atoms with Crippen molar-refractivity contribution in [3.8, 4) is 0 Å². The molecule has 0 heterocycles. The Hall–Kier alpha value is -1.31. The normalized spacial score (nSPS) is 11.2. The van der Waals surface area contributed by atoms with Crippen molar-refractivity contribution < 1.29 is 4.79 Å². The summed E-state index contributed by atoms with van der Waals surface area (Å²) < 4.78 is 0. The minimum Gasteiger partial charge on any atom is -0.352 e. The minimum atomic E-state index is 0.00799. The second-order valence-electron chi connectivity index (χ2n) is 5.11. The molecule has 1 N–H and O–H groups in total. The summed E-state index contributed by atoms with van der Waals surface area (Å²) in [6.45, 7) is 8.98. The molecule has 0 aliphatic carbocycles. The van der Waals surface area contributed by atoms with Crippen LogP contribution in [0.2, 0.25) is 0 Å². The molecule has 1 aromatic rings. The molecule has 0 radical (unpaired) electrons. The van der Waals surface area contributed by atoms with Gasteiger partial charge in [-0.25, -0.2) is 0 Å².